The van der Waals surface area contributed by atoms with Crippen LogP contribution in [0.3, 0.4) is 0 Å². The Labute approximate surface area is 261 Å². The number of anilines is 1. The summed E-state index contributed by atoms with van der Waals surface area (Å²) >= 11 is 12.8. The predicted octanol–water partition coefficient (Wildman–Crippen LogP) is 5.86. The van der Waals surface area contributed by atoms with Crippen molar-refractivity contribution in [1.29, 1.82) is 0 Å². The van der Waals surface area contributed by atoms with Crippen LogP contribution in [0.15, 0.2) is 54.6 Å². The number of hydrogen-bond donors (Lipinski definition) is 2. The number of ether oxygens (including phenoxy) is 2. The second-order valence-electron chi connectivity index (χ2n) is 11.9. The van der Waals surface area contributed by atoms with E-state index in [1.165, 1.54) is 18.2 Å². The van der Waals surface area contributed by atoms with Gasteiger partial charge in [-0.15, -0.1) is 0 Å². The Morgan fingerprint density at radius 2 is 2.02 bits per heavy atom. The summed E-state index contributed by atoms with van der Waals surface area (Å²) in [5, 5.41) is 18.6. The highest BCUT2D eigenvalue weighted by Crippen LogP contribution is 2.63. The zero-order valence-corrected chi connectivity index (χ0v) is 24.8. The van der Waals surface area contributed by atoms with Crippen molar-refractivity contribution in [3.63, 3.8) is 0 Å². The van der Waals surface area contributed by atoms with Gasteiger partial charge in [0.1, 0.15) is 18.0 Å². The summed E-state index contributed by atoms with van der Waals surface area (Å²) in [6, 6.07) is 13.9. The maximum atomic E-state index is 16.3. The molecule has 44 heavy (non-hydrogen) atoms. The average Bonchev–Trinajstić information content (AvgIpc) is 3.62. The predicted molar refractivity (Wildman–Crippen MR) is 161 cm³/mol. The maximum Gasteiger partial charge on any atom is 0.335 e. The molecule has 4 aromatic rings. The van der Waals surface area contributed by atoms with Gasteiger partial charge >= 0.3 is 5.97 Å². The molecule has 2 fully saturated rings. The van der Waals surface area contributed by atoms with Gasteiger partial charge in [0.2, 0.25) is 11.8 Å². The van der Waals surface area contributed by atoms with Crippen molar-refractivity contribution in [3.8, 4) is 5.88 Å². The van der Waals surface area contributed by atoms with Crippen LogP contribution in [-0.4, -0.2) is 64.1 Å². The first kappa shape index (κ1) is 27.8. The Kier molecular flexibility index (Phi) is 6.43. The molecule has 8 rings (SSSR count). The molecule has 1 amide bonds. The Morgan fingerprint density at radius 3 is 2.82 bits per heavy atom. The topological polar surface area (TPSA) is 106 Å². The van der Waals surface area contributed by atoms with Crippen molar-refractivity contribution in [2.45, 2.75) is 36.4 Å². The smallest absolute Gasteiger partial charge is 0.335 e. The summed E-state index contributed by atoms with van der Waals surface area (Å²) in [5.41, 5.74) is 0.691. The average molecular weight is 637 g/mol. The standard InChI is InChI=1S/C32H27Cl2FN4O5/c33-18-7-9-21-24(12-18)36-31(42)32(21)26(20-4-1-5-22(34)27(20)35)28-25(38(32)13-16-3-2-10-43-14-16)15-44-29-19-8-6-17(30(40)41)11-23(19)37-39(28)29/h1,4-9,11-12,16,25-26,28H,2-3,10,13-15H2,(H,36,42)(H,40,41)/t16?,25-,26-,28+,32+/m0/s1. The molecule has 3 aromatic carbocycles. The fourth-order valence-electron chi connectivity index (χ4n) is 7.87. The number of nitrogens with zero attached hydrogens (tertiary/aromatic N) is 3. The van der Waals surface area contributed by atoms with E-state index in [-0.39, 0.29) is 34.6 Å². The van der Waals surface area contributed by atoms with Crippen molar-refractivity contribution < 1.29 is 28.6 Å². The van der Waals surface area contributed by atoms with Gasteiger partial charge in [0.05, 0.1) is 40.2 Å². The van der Waals surface area contributed by atoms with Crippen molar-refractivity contribution in [2.24, 2.45) is 5.92 Å². The Morgan fingerprint density at radius 1 is 1.16 bits per heavy atom. The number of nitrogens with one attached hydrogen (secondary N) is 1. The van der Waals surface area contributed by atoms with E-state index in [0.29, 0.717) is 52.8 Å². The van der Waals surface area contributed by atoms with Crippen molar-refractivity contribution in [1.82, 2.24) is 14.7 Å². The van der Waals surface area contributed by atoms with E-state index in [4.69, 9.17) is 37.8 Å². The lowest BCUT2D eigenvalue weighted by Crippen LogP contribution is -2.55. The van der Waals surface area contributed by atoms with E-state index >= 15 is 4.39 Å². The fourth-order valence-corrected chi connectivity index (χ4v) is 8.23. The first-order valence-electron chi connectivity index (χ1n) is 14.6. The van der Waals surface area contributed by atoms with E-state index in [9.17, 15) is 14.7 Å². The van der Waals surface area contributed by atoms with E-state index in [1.54, 1.807) is 35.0 Å². The van der Waals surface area contributed by atoms with Crippen LogP contribution in [0, 0.1) is 11.7 Å². The van der Waals surface area contributed by atoms with Crippen molar-refractivity contribution in [3.05, 3.63) is 87.2 Å². The van der Waals surface area contributed by atoms with Crippen LogP contribution in [0.5, 0.6) is 5.88 Å². The van der Waals surface area contributed by atoms with Gasteiger partial charge in [0.15, 0.2) is 0 Å². The molecule has 1 unspecified atom stereocenters. The Hall–Kier alpha value is -3.70. The molecule has 0 radical (unpaired) electrons. The summed E-state index contributed by atoms with van der Waals surface area (Å²) in [7, 11) is 0. The molecule has 0 saturated carbocycles. The number of aromatic nitrogens is 2. The summed E-state index contributed by atoms with van der Waals surface area (Å²) in [4.78, 5) is 28.6. The van der Waals surface area contributed by atoms with E-state index in [1.807, 2.05) is 6.07 Å². The van der Waals surface area contributed by atoms with Crippen LogP contribution in [0.1, 0.15) is 46.3 Å². The largest absolute Gasteiger partial charge is 0.478 e. The SMILES string of the molecule is O=C(O)c1ccc2c3n(nc2c1)[C@@H]1[C@H](CO3)N(CC2CCCOC2)[C@@]2(C(=O)Nc3cc(Cl)ccc32)[C@H]1c1cccc(Cl)c1F. The van der Waals surface area contributed by atoms with E-state index in [0.717, 1.165) is 12.8 Å². The Balaban J connectivity index is 1.41. The monoisotopic (exact) mass is 636 g/mol. The minimum atomic E-state index is -1.37. The number of fused-ring (bicyclic) bond motifs is 7. The number of benzene rings is 3. The lowest BCUT2D eigenvalue weighted by Gasteiger charge is -2.41. The Bertz CT molecular complexity index is 1860. The normalized spacial score (nSPS) is 27.6. The molecular weight excluding hydrogens is 610 g/mol. The van der Waals surface area contributed by atoms with E-state index < -0.39 is 35.3 Å². The van der Waals surface area contributed by atoms with Gasteiger partial charge in [-0.2, -0.15) is 5.10 Å². The van der Waals surface area contributed by atoms with Gasteiger partial charge in [-0.25, -0.2) is 13.9 Å². The third kappa shape index (κ3) is 3.87. The van der Waals surface area contributed by atoms with Crippen LogP contribution in [0.25, 0.3) is 10.9 Å². The molecule has 5 atom stereocenters. The molecule has 5 heterocycles. The number of likely N-dealkylation sites (tertiary alicyclic amines) is 1. The molecule has 1 spiro atoms. The number of rotatable bonds is 4. The molecule has 4 aliphatic heterocycles. The number of carbonyl (C=O) groups is 2. The number of carboxylic acid groups (broad SMARTS) is 1. The second kappa shape index (κ2) is 10.2. The zero-order valence-electron chi connectivity index (χ0n) is 23.3. The molecule has 0 bridgehead atoms. The molecule has 2 saturated heterocycles. The number of carbonyl (C=O) groups excluding carboxylic acids is 1. The third-order valence-corrected chi connectivity index (χ3v) is 10.2. The van der Waals surface area contributed by atoms with Crippen LogP contribution < -0.4 is 10.1 Å². The molecular formula is C32H27Cl2FN4O5. The van der Waals surface area contributed by atoms with Crippen molar-refractivity contribution >= 4 is 51.7 Å². The van der Waals surface area contributed by atoms with Gasteiger partial charge in [-0.05, 0) is 60.7 Å². The maximum absolute atomic E-state index is 16.3. The molecule has 1 aromatic heterocycles. The van der Waals surface area contributed by atoms with Crippen LogP contribution in [0.2, 0.25) is 10.0 Å². The van der Waals surface area contributed by atoms with Gasteiger partial charge in [-0.1, -0.05) is 41.4 Å². The number of carboxylic acids is 1. The quantitative estimate of drug-likeness (QED) is 0.289. The van der Waals surface area contributed by atoms with Gasteiger partial charge in [0.25, 0.3) is 0 Å². The molecule has 2 N–H and O–H groups in total. The lowest BCUT2D eigenvalue weighted by molar-refractivity contribution is -0.129. The molecule has 9 nitrogen and oxygen atoms in total. The molecule has 4 aliphatic rings. The number of hydrogen-bond acceptors (Lipinski definition) is 6. The minimum absolute atomic E-state index is 0.0490. The molecule has 0 aliphatic carbocycles. The number of halogens is 3. The van der Waals surface area contributed by atoms with Crippen LogP contribution in [-0.2, 0) is 15.1 Å². The van der Waals surface area contributed by atoms with Crippen LogP contribution >= 0.6 is 23.2 Å². The summed E-state index contributed by atoms with van der Waals surface area (Å²) in [5.74, 6) is -2.20. The third-order valence-electron chi connectivity index (χ3n) is 9.62. The summed E-state index contributed by atoms with van der Waals surface area (Å²) in [6.07, 6.45) is 1.83. The van der Waals surface area contributed by atoms with Gasteiger partial charge < -0.3 is 19.9 Å². The number of amides is 1. The highest BCUT2D eigenvalue weighted by atomic mass is 35.5. The summed E-state index contributed by atoms with van der Waals surface area (Å²) < 4.78 is 30.2. The summed E-state index contributed by atoms with van der Waals surface area (Å²) in [6.45, 7) is 1.94. The highest BCUT2D eigenvalue weighted by molar-refractivity contribution is 6.31. The van der Waals surface area contributed by atoms with Crippen molar-refractivity contribution in [2.75, 3.05) is 31.7 Å². The lowest BCUT2D eigenvalue weighted by atomic mass is 9.73. The zero-order chi connectivity index (χ0) is 30.3. The molecule has 12 heteroatoms. The second-order valence-corrected chi connectivity index (χ2v) is 12.8. The fraction of sp³-hybridized carbons (Fsp3) is 0.344. The van der Waals surface area contributed by atoms with Crippen LogP contribution in [0.4, 0.5) is 10.1 Å². The molecule has 226 valence electrons. The first-order valence-corrected chi connectivity index (χ1v) is 15.3. The number of aromatic carboxylic acids is 1. The van der Waals surface area contributed by atoms with Gasteiger partial charge in [-0.3, -0.25) is 9.69 Å². The highest BCUT2D eigenvalue weighted by Gasteiger charge is 2.69. The van der Waals surface area contributed by atoms with E-state index in [2.05, 4.69) is 10.2 Å². The van der Waals surface area contributed by atoms with Gasteiger partial charge in [0, 0.05) is 35.3 Å². The first-order chi connectivity index (χ1) is 21.3. The minimum Gasteiger partial charge on any atom is -0.478 e.